The molecule has 88 valence electrons. The molecule has 0 amide bonds. The van der Waals surface area contributed by atoms with Crippen LogP contribution in [0.4, 0.5) is 0 Å². The van der Waals surface area contributed by atoms with Crippen LogP contribution in [0.25, 0.3) is 6.08 Å². The first-order chi connectivity index (χ1) is 7.85. The Kier molecular flexibility index (Phi) is 10.8. The smallest absolute Gasteiger partial charge is 0.0260 e. The molecule has 0 radical (unpaired) electrons. The van der Waals surface area contributed by atoms with Gasteiger partial charge in [0, 0.05) is 0 Å². The lowest BCUT2D eigenvalue weighted by atomic mass is 10.1. The van der Waals surface area contributed by atoms with Crippen LogP contribution in [0.2, 0.25) is 0 Å². The third-order valence-electron chi connectivity index (χ3n) is 2.08. The van der Waals surface area contributed by atoms with E-state index in [1.54, 1.807) is 6.08 Å². The van der Waals surface area contributed by atoms with Gasteiger partial charge in [-0.15, -0.1) is 6.58 Å². The molecule has 0 spiro atoms. The van der Waals surface area contributed by atoms with Crippen molar-refractivity contribution in [1.82, 2.24) is 0 Å². The maximum atomic E-state index is 3.36. The Labute approximate surface area is 101 Å². The number of hydrogen-bond donors (Lipinski definition) is 0. The summed E-state index contributed by atoms with van der Waals surface area (Å²) in [6, 6.07) is 10.5. The molecule has 1 aromatic carbocycles. The third kappa shape index (κ3) is 9.26. The van der Waals surface area contributed by atoms with Crippen molar-refractivity contribution in [2.24, 2.45) is 0 Å². The van der Waals surface area contributed by atoms with Gasteiger partial charge in [0.25, 0.3) is 0 Å². The van der Waals surface area contributed by atoms with E-state index in [0.717, 1.165) is 0 Å². The molecule has 0 aliphatic rings. The van der Waals surface area contributed by atoms with Crippen LogP contribution in [-0.4, -0.2) is 0 Å². The van der Waals surface area contributed by atoms with Crippen LogP contribution in [0.3, 0.4) is 0 Å². The van der Waals surface area contributed by atoms with Gasteiger partial charge in [-0.1, -0.05) is 68.3 Å². The summed E-state index contributed by atoms with van der Waals surface area (Å²) in [4.78, 5) is 0. The van der Waals surface area contributed by atoms with Gasteiger partial charge < -0.3 is 0 Å². The van der Waals surface area contributed by atoms with Crippen molar-refractivity contribution in [2.45, 2.75) is 39.5 Å². The summed E-state index contributed by atoms with van der Waals surface area (Å²) >= 11 is 0. The van der Waals surface area contributed by atoms with Gasteiger partial charge in [-0.25, -0.2) is 0 Å². The minimum atomic E-state index is 1.21. The predicted molar refractivity (Wildman–Crippen MR) is 75.5 cm³/mol. The quantitative estimate of drug-likeness (QED) is 0.452. The fourth-order valence-electron chi connectivity index (χ4n) is 1.30. The summed E-state index contributed by atoms with van der Waals surface area (Å²) in [6.45, 7) is 7.49. The highest BCUT2D eigenvalue weighted by molar-refractivity contribution is 5.48. The fraction of sp³-hybridized carbons (Fsp3) is 0.375. The molecule has 0 fully saturated rings. The molecule has 0 atom stereocenters. The number of benzene rings is 1. The molecule has 0 saturated heterocycles. The third-order valence-corrected chi connectivity index (χ3v) is 2.08. The Bertz CT molecular complexity index is 269. The largest absolute Gasteiger partial charge is 0.103 e. The van der Waals surface area contributed by atoms with Crippen LogP contribution in [0, 0.1) is 0 Å². The van der Waals surface area contributed by atoms with Crippen molar-refractivity contribution in [3.8, 4) is 0 Å². The van der Waals surface area contributed by atoms with Crippen LogP contribution < -0.4 is 0 Å². The normalized spacial score (nSPS) is 9.62. The lowest BCUT2D eigenvalue weighted by Crippen LogP contribution is -1.72. The number of rotatable bonds is 5. The van der Waals surface area contributed by atoms with E-state index >= 15 is 0 Å². The summed E-state index contributed by atoms with van der Waals surface area (Å²) in [6.07, 6.45) is 11.4. The standard InChI is InChI=1S/C13H18.C3H6/c1-2-3-4-5-7-10-13-11-8-6-9-12-13;1-3-2/h6-12H,2-5H2,1H3;3H,1H2,2H3. The van der Waals surface area contributed by atoms with E-state index in [1.807, 2.05) is 6.92 Å². The zero-order valence-corrected chi connectivity index (χ0v) is 10.7. The van der Waals surface area contributed by atoms with Gasteiger partial charge in [-0.2, -0.15) is 0 Å². The van der Waals surface area contributed by atoms with Crippen LogP contribution in [0.15, 0.2) is 49.1 Å². The van der Waals surface area contributed by atoms with Crippen molar-refractivity contribution in [3.05, 3.63) is 54.6 Å². The second-order valence-corrected chi connectivity index (χ2v) is 3.72. The summed E-state index contributed by atoms with van der Waals surface area (Å²) in [7, 11) is 0. The number of allylic oxidation sites excluding steroid dienone is 2. The first-order valence-corrected chi connectivity index (χ1v) is 6.13. The summed E-state index contributed by atoms with van der Waals surface area (Å²) in [5, 5.41) is 0. The van der Waals surface area contributed by atoms with Crippen LogP contribution in [0.1, 0.15) is 45.1 Å². The maximum Gasteiger partial charge on any atom is -0.0260 e. The molecule has 0 nitrogen and oxygen atoms in total. The molecule has 0 aromatic heterocycles. The molecule has 0 aliphatic heterocycles. The Morgan fingerprint density at radius 1 is 1.12 bits per heavy atom. The van der Waals surface area contributed by atoms with Crippen molar-refractivity contribution >= 4 is 6.08 Å². The molecular weight excluding hydrogens is 192 g/mol. The SMILES string of the molecule is C=CC.CCCCCC=Cc1ccccc1. The van der Waals surface area contributed by atoms with Gasteiger partial charge in [0.05, 0.1) is 0 Å². The highest BCUT2D eigenvalue weighted by Crippen LogP contribution is 2.04. The fourth-order valence-corrected chi connectivity index (χ4v) is 1.30. The van der Waals surface area contributed by atoms with E-state index in [2.05, 4.69) is 56.0 Å². The number of hydrogen-bond acceptors (Lipinski definition) is 0. The highest BCUT2D eigenvalue weighted by Gasteiger charge is 1.83. The van der Waals surface area contributed by atoms with Crippen molar-refractivity contribution in [2.75, 3.05) is 0 Å². The Hall–Kier alpha value is -1.30. The maximum absolute atomic E-state index is 3.36. The van der Waals surface area contributed by atoms with Gasteiger partial charge in [0.1, 0.15) is 0 Å². The Morgan fingerprint density at radius 3 is 2.31 bits per heavy atom. The first-order valence-electron chi connectivity index (χ1n) is 6.13. The van der Waals surface area contributed by atoms with Crippen molar-refractivity contribution in [1.29, 1.82) is 0 Å². The zero-order valence-electron chi connectivity index (χ0n) is 10.7. The molecule has 1 aromatic rings. The van der Waals surface area contributed by atoms with Crippen LogP contribution in [0.5, 0.6) is 0 Å². The monoisotopic (exact) mass is 216 g/mol. The van der Waals surface area contributed by atoms with E-state index in [0.29, 0.717) is 0 Å². The minimum absolute atomic E-state index is 1.21. The molecule has 0 heteroatoms. The van der Waals surface area contributed by atoms with Crippen LogP contribution >= 0.6 is 0 Å². The minimum Gasteiger partial charge on any atom is -0.103 e. The first kappa shape index (κ1) is 14.7. The Balaban J connectivity index is 0.000000673. The van der Waals surface area contributed by atoms with Crippen LogP contribution in [-0.2, 0) is 0 Å². The average Bonchev–Trinajstić information content (AvgIpc) is 2.31. The van der Waals surface area contributed by atoms with E-state index in [1.165, 1.54) is 31.2 Å². The lowest BCUT2D eigenvalue weighted by molar-refractivity contribution is 0.730. The molecule has 0 aliphatic carbocycles. The van der Waals surface area contributed by atoms with E-state index in [9.17, 15) is 0 Å². The van der Waals surface area contributed by atoms with Crippen molar-refractivity contribution < 1.29 is 0 Å². The highest BCUT2D eigenvalue weighted by atomic mass is 13.9. The zero-order chi connectivity index (χ0) is 12.1. The molecular formula is C16H24. The van der Waals surface area contributed by atoms with Gasteiger partial charge >= 0.3 is 0 Å². The molecule has 0 unspecified atom stereocenters. The lowest BCUT2D eigenvalue weighted by Gasteiger charge is -1.92. The predicted octanol–water partition coefficient (Wildman–Crippen LogP) is 5.47. The molecule has 16 heavy (non-hydrogen) atoms. The second kappa shape index (κ2) is 11.8. The van der Waals surface area contributed by atoms with E-state index < -0.39 is 0 Å². The molecule has 0 saturated carbocycles. The van der Waals surface area contributed by atoms with Gasteiger partial charge in [-0.05, 0) is 25.3 Å². The Morgan fingerprint density at radius 2 is 1.75 bits per heavy atom. The van der Waals surface area contributed by atoms with E-state index in [4.69, 9.17) is 0 Å². The van der Waals surface area contributed by atoms with Crippen molar-refractivity contribution in [3.63, 3.8) is 0 Å². The van der Waals surface area contributed by atoms with Gasteiger partial charge in [-0.3, -0.25) is 0 Å². The molecule has 0 N–H and O–H groups in total. The number of unbranched alkanes of at least 4 members (excludes halogenated alkanes) is 3. The summed E-state index contributed by atoms with van der Waals surface area (Å²) in [5.74, 6) is 0. The molecule has 1 rings (SSSR count). The van der Waals surface area contributed by atoms with Gasteiger partial charge in [0.2, 0.25) is 0 Å². The average molecular weight is 216 g/mol. The summed E-state index contributed by atoms with van der Waals surface area (Å²) in [5.41, 5.74) is 1.30. The molecule has 0 bridgehead atoms. The second-order valence-electron chi connectivity index (χ2n) is 3.72. The topological polar surface area (TPSA) is 0 Å². The summed E-state index contributed by atoms with van der Waals surface area (Å²) < 4.78 is 0. The molecule has 0 heterocycles. The van der Waals surface area contributed by atoms with Gasteiger partial charge in [0.15, 0.2) is 0 Å². The van der Waals surface area contributed by atoms with E-state index in [-0.39, 0.29) is 0 Å².